The van der Waals surface area contributed by atoms with Crippen molar-refractivity contribution in [1.82, 2.24) is 15.2 Å². The van der Waals surface area contributed by atoms with Gasteiger partial charge >= 0.3 is 6.18 Å². The number of halogens is 3. The molecule has 2 aromatic carbocycles. The number of fused-ring (bicyclic) bond motifs is 1. The van der Waals surface area contributed by atoms with E-state index >= 15 is 0 Å². The van der Waals surface area contributed by atoms with E-state index in [9.17, 15) is 13.2 Å². The zero-order valence-corrected chi connectivity index (χ0v) is 14.4. The Bertz CT molecular complexity index is 973. The molecule has 2 heterocycles. The minimum Gasteiger partial charge on any atom is -0.323 e. The number of aromatic nitrogens is 3. The van der Waals surface area contributed by atoms with Gasteiger partial charge in [-0.1, -0.05) is 24.3 Å². The Hall–Kier alpha value is -3.16. The first-order valence-corrected chi connectivity index (χ1v) is 8.43. The van der Waals surface area contributed by atoms with Crippen molar-refractivity contribution in [2.75, 3.05) is 10.2 Å². The summed E-state index contributed by atoms with van der Waals surface area (Å²) in [7, 11) is 0. The fraction of sp³-hybridized carbons (Fsp3) is 0.211. The summed E-state index contributed by atoms with van der Waals surface area (Å²) in [4.78, 5) is 6.51. The van der Waals surface area contributed by atoms with Gasteiger partial charge in [-0.2, -0.15) is 23.3 Å². The van der Waals surface area contributed by atoms with Crippen LogP contribution in [0.1, 0.15) is 18.1 Å². The molecule has 0 saturated carbocycles. The van der Waals surface area contributed by atoms with Crippen LogP contribution in [0.5, 0.6) is 0 Å². The predicted octanol–water partition coefficient (Wildman–Crippen LogP) is 4.72. The van der Waals surface area contributed by atoms with Crippen LogP contribution in [0.2, 0.25) is 0 Å². The number of hydrogen-bond acceptors (Lipinski definition) is 5. The first-order chi connectivity index (χ1) is 12.9. The molecule has 8 heteroatoms. The molecular formula is C19H16F3N5. The average molecular weight is 371 g/mol. The van der Waals surface area contributed by atoms with Gasteiger partial charge in [0.2, 0.25) is 5.95 Å². The van der Waals surface area contributed by atoms with Gasteiger partial charge in [0, 0.05) is 17.4 Å². The van der Waals surface area contributed by atoms with Crippen LogP contribution in [-0.4, -0.2) is 21.2 Å². The Morgan fingerprint density at radius 1 is 1.11 bits per heavy atom. The minimum atomic E-state index is -4.41. The highest BCUT2D eigenvalue weighted by atomic mass is 19.4. The van der Waals surface area contributed by atoms with Crippen molar-refractivity contribution in [1.29, 1.82) is 0 Å². The van der Waals surface area contributed by atoms with Crippen LogP contribution in [0.15, 0.2) is 54.7 Å². The third kappa shape index (κ3) is 3.42. The molecule has 1 aromatic heterocycles. The molecule has 138 valence electrons. The number of alkyl halides is 3. The summed E-state index contributed by atoms with van der Waals surface area (Å²) in [6.07, 6.45) is -1.97. The van der Waals surface area contributed by atoms with Gasteiger partial charge in [0.15, 0.2) is 5.82 Å². The second-order valence-corrected chi connectivity index (χ2v) is 6.39. The van der Waals surface area contributed by atoms with E-state index < -0.39 is 11.7 Å². The van der Waals surface area contributed by atoms with Crippen LogP contribution < -0.4 is 10.2 Å². The van der Waals surface area contributed by atoms with Gasteiger partial charge in [0.1, 0.15) is 0 Å². The molecule has 0 spiro atoms. The molecule has 0 amide bonds. The molecule has 1 aliphatic rings. The van der Waals surface area contributed by atoms with E-state index in [0.29, 0.717) is 5.82 Å². The Kier molecular flexibility index (Phi) is 4.18. The van der Waals surface area contributed by atoms with E-state index in [-0.39, 0.29) is 17.7 Å². The first kappa shape index (κ1) is 17.3. The Morgan fingerprint density at radius 2 is 1.93 bits per heavy atom. The van der Waals surface area contributed by atoms with Crippen LogP contribution in [0.25, 0.3) is 0 Å². The quantitative estimate of drug-likeness (QED) is 0.722. The van der Waals surface area contributed by atoms with Crippen LogP contribution in [-0.2, 0) is 12.6 Å². The average Bonchev–Trinajstić information content (AvgIpc) is 2.97. The van der Waals surface area contributed by atoms with Crippen LogP contribution in [0.4, 0.5) is 36.3 Å². The number of nitrogens with zero attached hydrogens (tertiary/aromatic N) is 4. The fourth-order valence-electron chi connectivity index (χ4n) is 3.28. The third-order valence-electron chi connectivity index (χ3n) is 4.45. The number of para-hydroxylation sites is 1. The van der Waals surface area contributed by atoms with E-state index in [1.165, 1.54) is 17.7 Å². The summed E-state index contributed by atoms with van der Waals surface area (Å²) < 4.78 is 38.6. The maximum absolute atomic E-state index is 12.9. The monoisotopic (exact) mass is 371 g/mol. The number of hydrogen-bond donors (Lipinski definition) is 1. The highest BCUT2D eigenvalue weighted by Gasteiger charge is 2.31. The lowest BCUT2D eigenvalue weighted by atomic mass is 10.1. The van der Waals surface area contributed by atoms with E-state index in [4.69, 9.17) is 0 Å². The summed E-state index contributed by atoms with van der Waals surface area (Å²) in [5.41, 5.74) is 1.78. The van der Waals surface area contributed by atoms with Gasteiger partial charge in [-0.3, -0.25) is 0 Å². The highest BCUT2D eigenvalue weighted by molar-refractivity contribution is 5.69. The molecule has 1 unspecified atom stereocenters. The molecule has 4 rings (SSSR count). The lowest BCUT2D eigenvalue weighted by Gasteiger charge is -2.23. The highest BCUT2D eigenvalue weighted by Crippen LogP contribution is 2.37. The van der Waals surface area contributed by atoms with Crippen molar-refractivity contribution in [3.8, 4) is 0 Å². The zero-order chi connectivity index (χ0) is 19.0. The van der Waals surface area contributed by atoms with Gasteiger partial charge in [-0.25, -0.2) is 0 Å². The van der Waals surface area contributed by atoms with Gasteiger partial charge in [-0.05, 0) is 43.2 Å². The normalized spacial score (nSPS) is 16.3. The maximum Gasteiger partial charge on any atom is 0.416 e. The van der Waals surface area contributed by atoms with Crippen molar-refractivity contribution in [2.45, 2.75) is 25.6 Å². The van der Waals surface area contributed by atoms with E-state index in [1.807, 2.05) is 18.2 Å². The topological polar surface area (TPSA) is 53.9 Å². The Morgan fingerprint density at radius 3 is 2.74 bits per heavy atom. The van der Waals surface area contributed by atoms with E-state index in [2.05, 4.69) is 38.4 Å². The maximum atomic E-state index is 12.9. The lowest BCUT2D eigenvalue weighted by Crippen LogP contribution is -2.25. The molecule has 0 saturated heterocycles. The van der Waals surface area contributed by atoms with Crippen LogP contribution >= 0.6 is 0 Å². The molecule has 0 radical (unpaired) electrons. The molecule has 3 aromatic rings. The number of benzene rings is 2. The molecule has 1 aliphatic heterocycles. The van der Waals surface area contributed by atoms with Gasteiger partial charge in [-0.15, -0.1) is 5.10 Å². The molecule has 27 heavy (non-hydrogen) atoms. The number of nitrogens with one attached hydrogen (secondary N) is 1. The molecule has 1 N–H and O–H groups in total. The van der Waals surface area contributed by atoms with Crippen LogP contribution in [0, 0.1) is 0 Å². The summed E-state index contributed by atoms with van der Waals surface area (Å²) >= 11 is 0. The van der Waals surface area contributed by atoms with Crippen molar-refractivity contribution in [2.24, 2.45) is 0 Å². The molecule has 1 atom stereocenters. The standard InChI is InChI=1S/C19H16F3N5/c1-12-9-13-5-2-3-8-16(13)27(12)17-11-23-26-18(25-17)24-15-7-4-6-14(10-15)19(20,21)22/h2-8,10-12H,9H2,1H3,(H,24,25,26). The first-order valence-electron chi connectivity index (χ1n) is 8.43. The lowest BCUT2D eigenvalue weighted by molar-refractivity contribution is -0.137. The molecule has 0 fully saturated rings. The molecular weight excluding hydrogens is 355 g/mol. The second kappa shape index (κ2) is 6.53. The van der Waals surface area contributed by atoms with E-state index in [0.717, 1.165) is 24.2 Å². The van der Waals surface area contributed by atoms with Gasteiger partial charge in [0.25, 0.3) is 0 Å². The van der Waals surface area contributed by atoms with Crippen molar-refractivity contribution in [3.05, 3.63) is 65.9 Å². The minimum absolute atomic E-state index is 0.142. The van der Waals surface area contributed by atoms with Gasteiger partial charge in [0.05, 0.1) is 11.8 Å². The summed E-state index contributed by atoms with van der Waals surface area (Å²) in [6.45, 7) is 2.09. The largest absolute Gasteiger partial charge is 0.416 e. The third-order valence-corrected chi connectivity index (χ3v) is 4.45. The summed E-state index contributed by atoms with van der Waals surface area (Å²) in [6, 6.07) is 13.1. The summed E-state index contributed by atoms with van der Waals surface area (Å²) in [5, 5.41) is 10.7. The predicted molar refractivity (Wildman–Crippen MR) is 96.3 cm³/mol. The smallest absolute Gasteiger partial charge is 0.323 e. The van der Waals surface area contributed by atoms with E-state index in [1.54, 1.807) is 6.20 Å². The summed E-state index contributed by atoms with van der Waals surface area (Å²) in [5.74, 6) is 0.736. The van der Waals surface area contributed by atoms with Crippen molar-refractivity contribution in [3.63, 3.8) is 0 Å². The Labute approximate surface area is 153 Å². The molecule has 0 bridgehead atoms. The molecule has 0 aliphatic carbocycles. The molecule has 5 nitrogen and oxygen atoms in total. The van der Waals surface area contributed by atoms with Crippen LogP contribution in [0.3, 0.4) is 0 Å². The van der Waals surface area contributed by atoms with Crippen molar-refractivity contribution >= 4 is 23.1 Å². The number of rotatable bonds is 3. The SMILES string of the molecule is CC1Cc2ccccc2N1c1cnnc(Nc2cccc(C(F)(F)F)c2)n1. The van der Waals surface area contributed by atoms with Crippen molar-refractivity contribution < 1.29 is 13.2 Å². The second-order valence-electron chi connectivity index (χ2n) is 6.39. The zero-order valence-electron chi connectivity index (χ0n) is 14.4. The fourth-order valence-corrected chi connectivity index (χ4v) is 3.28. The van der Waals surface area contributed by atoms with Gasteiger partial charge < -0.3 is 10.2 Å². The Balaban J connectivity index is 1.63. The number of anilines is 4.